The molecule has 148 valence electrons. The van der Waals surface area contributed by atoms with Gasteiger partial charge in [-0.1, -0.05) is 0 Å². The summed E-state index contributed by atoms with van der Waals surface area (Å²) in [5, 5.41) is 17.1. The number of aryl methyl sites for hydroxylation is 1. The van der Waals surface area contributed by atoms with Crippen LogP contribution in [0.3, 0.4) is 0 Å². The molecule has 1 aromatic heterocycles. The van der Waals surface area contributed by atoms with E-state index >= 15 is 0 Å². The number of anilines is 3. The first-order chi connectivity index (χ1) is 14.0. The maximum atomic E-state index is 12.8. The lowest BCUT2D eigenvalue weighted by Gasteiger charge is -2.27. The molecule has 2 aromatic carbocycles. The van der Waals surface area contributed by atoms with Gasteiger partial charge in [-0.3, -0.25) is 9.59 Å². The van der Waals surface area contributed by atoms with Gasteiger partial charge in [0.1, 0.15) is 11.4 Å². The minimum Gasteiger partial charge on any atom is -0.494 e. The van der Waals surface area contributed by atoms with Crippen molar-refractivity contribution in [3.05, 3.63) is 47.8 Å². The highest BCUT2D eigenvalue weighted by Crippen LogP contribution is 2.30. The van der Waals surface area contributed by atoms with Crippen LogP contribution in [0.25, 0.3) is 5.69 Å². The zero-order valence-corrected chi connectivity index (χ0v) is 16.1. The highest BCUT2D eigenvalue weighted by atomic mass is 16.5. The quantitative estimate of drug-likeness (QED) is 0.692. The SMILES string of the molecule is COc1ccc(NC(=O)c2ccc3c(c2)NC(=O)CN3C)cc1-n1nnnc1C. The molecule has 1 aliphatic heterocycles. The van der Waals surface area contributed by atoms with Crippen LogP contribution in [0.4, 0.5) is 17.1 Å². The van der Waals surface area contributed by atoms with E-state index in [0.717, 1.165) is 5.69 Å². The predicted molar refractivity (Wildman–Crippen MR) is 107 cm³/mol. The first-order valence-corrected chi connectivity index (χ1v) is 8.86. The minimum atomic E-state index is -0.306. The number of carbonyl (C=O) groups excluding carboxylic acids is 2. The summed E-state index contributed by atoms with van der Waals surface area (Å²) >= 11 is 0. The van der Waals surface area contributed by atoms with Crippen LogP contribution in [0.15, 0.2) is 36.4 Å². The summed E-state index contributed by atoms with van der Waals surface area (Å²) in [7, 11) is 3.38. The Labute approximate surface area is 166 Å². The summed E-state index contributed by atoms with van der Waals surface area (Å²) in [5.41, 5.74) is 3.06. The molecule has 0 spiro atoms. The van der Waals surface area contributed by atoms with Gasteiger partial charge in [0, 0.05) is 18.3 Å². The van der Waals surface area contributed by atoms with Crippen LogP contribution in [0, 0.1) is 6.92 Å². The lowest BCUT2D eigenvalue weighted by Crippen LogP contribution is -2.35. The van der Waals surface area contributed by atoms with E-state index < -0.39 is 0 Å². The van der Waals surface area contributed by atoms with E-state index in [9.17, 15) is 9.59 Å². The summed E-state index contributed by atoms with van der Waals surface area (Å²) in [6, 6.07) is 10.4. The highest BCUT2D eigenvalue weighted by molar-refractivity contribution is 6.08. The van der Waals surface area contributed by atoms with Crippen LogP contribution < -0.4 is 20.3 Å². The van der Waals surface area contributed by atoms with Gasteiger partial charge in [-0.15, -0.1) is 5.10 Å². The molecule has 10 nitrogen and oxygen atoms in total. The third kappa shape index (κ3) is 3.47. The average Bonchev–Trinajstić information content (AvgIpc) is 3.13. The molecule has 0 atom stereocenters. The number of nitrogens with one attached hydrogen (secondary N) is 2. The van der Waals surface area contributed by atoms with Gasteiger partial charge in [0.05, 0.1) is 25.0 Å². The molecule has 0 bridgehead atoms. The Morgan fingerprint density at radius 3 is 2.76 bits per heavy atom. The van der Waals surface area contributed by atoms with E-state index in [4.69, 9.17) is 4.74 Å². The van der Waals surface area contributed by atoms with Crippen molar-refractivity contribution < 1.29 is 14.3 Å². The van der Waals surface area contributed by atoms with Crippen molar-refractivity contribution in [2.24, 2.45) is 0 Å². The summed E-state index contributed by atoms with van der Waals surface area (Å²) in [5.74, 6) is 0.730. The van der Waals surface area contributed by atoms with Gasteiger partial charge in [0.2, 0.25) is 5.91 Å². The largest absolute Gasteiger partial charge is 0.494 e. The van der Waals surface area contributed by atoms with E-state index in [2.05, 4.69) is 26.2 Å². The van der Waals surface area contributed by atoms with Crippen LogP contribution >= 0.6 is 0 Å². The van der Waals surface area contributed by atoms with Gasteiger partial charge in [-0.2, -0.15) is 4.68 Å². The topological polar surface area (TPSA) is 114 Å². The van der Waals surface area contributed by atoms with Crippen LogP contribution in [-0.2, 0) is 4.79 Å². The number of carbonyl (C=O) groups is 2. The third-order valence-electron chi connectivity index (χ3n) is 4.62. The number of aromatic nitrogens is 4. The van der Waals surface area contributed by atoms with Gasteiger partial charge < -0.3 is 20.3 Å². The summed E-state index contributed by atoms with van der Waals surface area (Å²) in [6.07, 6.45) is 0. The third-order valence-corrected chi connectivity index (χ3v) is 4.62. The van der Waals surface area contributed by atoms with Crippen molar-refractivity contribution in [2.45, 2.75) is 6.92 Å². The maximum Gasteiger partial charge on any atom is 0.255 e. The lowest BCUT2D eigenvalue weighted by atomic mass is 10.1. The van der Waals surface area contributed by atoms with Crippen molar-refractivity contribution in [1.82, 2.24) is 20.2 Å². The number of rotatable bonds is 4. The van der Waals surface area contributed by atoms with E-state index in [-0.39, 0.29) is 18.4 Å². The average molecular weight is 393 g/mol. The molecule has 0 unspecified atom stereocenters. The number of methoxy groups -OCH3 is 1. The Kier molecular flexibility index (Phi) is 4.59. The number of hydrogen-bond acceptors (Lipinski definition) is 7. The zero-order chi connectivity index (χ0) is 20.5. The van der Waals surface area contributed by atoms with Crippen LogP contribution in [-0.4, -0.2) is 52.7 Å². The second kappa shape index (κ2) is 7.23. The molecule has 3 aromatic rings. The molecule has 10 heteroatoms. The van der Waals surface area contributed by atoms with Crippen molar-refractivity contribution in [3.63, 3.8) is 0 Å². The molecule has 2 heterocycles. The first kappa shape index (κ1) is 18.4. The second-order valence-corrected chi connectivity index (χ2v) is 6.61. The number of hydrogen-bond donors (Lipinski definition) is 2. The highest BCUT2D eigenvalue weighted by Gasteiger charge is 2.20. The number of tetrazole rings is 1. The number of ether oxygens (including phenoxy) is 1. The fraction of sp³-hybridized carbons (Fsp3) is 0.211. The predicted octanol–water partition coefficient (Wildman–Crippen LogP) is 1.62. The maximum absolute atomic E-state index is 12.8. The molecular weight excluding hydrogens is 374 g/mol. The molecule has 1 aliphatic rings. The van der Waals surface area contributed by atoms with Gasteiger partial charge in [0.25, 0.3) is 5.91 Å². The molecule has 0 saturated carbocycles. The second-order valence-electron chi connectivity index (χ2n) is 6.61. The fourth-order valence-corrected chi connectivity index (χ4v) is 3.19. The molecule has 29 heavy (non-hydrogen) atoms. The molecule has 2 amide bonds. The Morgan fingerprint density at radius 1 is 1.21 bits per heavy atom. The molecule has 4 rings (SSSR count). The fourth-order valence-electron chi connectivity index (χ4n) is 3.19. The standard InChI is InChI=1S/C19H19N7O3/c1-11-22-23-24-26(11)16-9-13(5-7-17(16)29-3)20-19(28)12-4-6-15-14(8-12)21-18(27)10-25(15)2/h4-9H,10H2,1-3H3,(H,20,28)(H,21,27). The van der Waals surface area contributed by atoms with Crippen LogP contribution in [0.2, 0.25) is 0 Å². The molecule has 0 radical (unpaired) electrons. The normalized spacial score (nSPS) is 12.9. The van der Waals surface area contributed by atoms with Crippen molar-refractivity contribution in [3.8, 4) is 11.4 Å². The number of fused-ring (bicyclic) bond motifs is 1. The Bertz CT molecular complexity index is 1110. The smallest absolute Gasteiger partial charge is 0.255 e. The molecule has 0 saturated heterocycles. The first-order valence-electron chi connectivity index (χ1n) is 8.86. The number of benzene rings is 2. The molecular formula is C19H19N7O3. The molecule has 0 aliphatic carbocycles. The van der Waals surface area contributed by atoms with Crippen molar-refractivity contribution >= 4 is 28.9 Å². The van der Waals surface area contributed by atoms with Crippen molar-refractivity contribution in [2.75, 3.05) is 36.2 Å². The van der Waals surface area contributed by atoms with Gasteiger partial charge in [0.15, 0.2) is 5.82 Å². The summed E-state index contributed by atoms with van der Waals surface area (Å²) in [4.78, 5) is 26.4. The van der Waals surface area contributed by atoms with Crippen LogP contribution in [0.5, 0.6) is 5.75 Å². The number of nitrogens with zero attached hydrogens (tertiary/aromatic N) is 5. The van der Waals surface area contributed by atoms with E-state index in [0.29, 0.717) is 34.2 Å². The summed E-state index contributed by atoms with van der Waals surface area (Å²) < 4.78 is 6.90. The lowest BCUT2D eigenvalue weighted by molar-refractivity contribution is -0.115. The van der Waals surface area contributed by atoms with E-state index in [1.165, 1.54) is 4.68 Å². The monoisotopic (exact) mass is 393 g/mol. The van der Waals surface area contributed by atoms with E-state index in [1.54, 1.807) is 44.4 Å². The Morgan fingerprint density at radius 2 is 2.03 bits per heavy atom. The Balaban J connectivity index is 1.62. The number of amides is 2. The minimum absolute atomic E-state index is 0.117. The van der Waals surface area contributed by atoms with Gasteiger partial charge >= 0.3 is 0 Å². The van der Waals surface area contributed by atoms with Gasteiger partial charge in [-0.25, -0.2) is 0 Å². The molecule has 0 fully saturated rings. The number of likely N-dealkylation sites (N-methyl/N-ethyl adjacent to an activating group) is 1. The van der Waals surface area contributed by atoms with Crippen molar-refractivity contribution in [1.29, 1.82) is 0 Å². The van der Waals surface area contributed by atoms with E-state index in [1.807, 2.05) is 18.0 Å². The molecule has 2 N–H and O–H groups in total. The zero-order valence-electron chi connectivity index (χ0n) is 16.1. The van der Waals surface area contributed by atoms with Gasteiger partial charge in [-0.05, 0) is 53.7 Å². The van der Waals surface area contributed by atoms with Crippen LogP contribution in [0.1, 0.15) is 16.2 Å². The Hall–Kier alpha value is -3.95. The summed E-state index contributed by atoms with van der Waals surface area (Å²) in [6.45, 7) is 2.05.